The summed E-state index contributed by atoms with van der Waals surface area (Å²) in [5.41, 5.74) is 2.08. The monoisotopic (exact) mass is 421 g/mol. The Morgan fingerprint density at radius 3 is 2.35 bits per heavy atom. The van der Waals surface area contributed by atoms with Crippen molar-refractivity contribution in [2.24, 2.45) is 11.1 Å². The van der Waals surface area contributed by atoms with Crippen molar-refractivity contribution in [3.8, 4) is 0 Å². The molecule has 0 saturated heterocycles. The van der Waals surface area contributed by atoms with Gasteiger partial charge >= 0.3 is 5.97 Å². The van der Waals surface area contributed by atoms with Gasteiger partial charge in [0.25, 0.3) is 0 Å². The van der Waals surface area contributed by atoms with Crippen LogP contribution in [0.1, 0.15) is 62.2 Å². The van der Waals surface area contributed by atoms with Crippen LogP contribution in [0.25, 0.3) is 0 Å². The highest BCUT2D eigenvalue weighted by atomic mass is 16.7. The Morgan fingerprint density at radius 1 is 1.03 bits per heavy atom. The fourth-order valence-corrected chi connectivity index (χ4v) is 3.97. The molecule has 0 amide bonds. The lowest BCUT2D eigenvalue weighted by molar-refractivity contribution is -0.137. The van der Waals surface area contributed by atoms with Crippen LogP contribution < -0.4 is 0 Å². The number of aliphatic carboxylic acids is 1. The number of allylic oxidation sites excluding steroid dienone is 2. The molecule has 0 spiro atoms. The van der Waals surface area contributed by atoms with E-state index in [1.54, 1.807) is 0 Å². The zero-order valence-electron chi connectivity index (χ0n) is 17.8. The molecule has 5 heteroatoms. The molecule has 1 saturated carbocycles. The molecule has 0 aliphatic heterocycles. The zero-order chi connectivity index (χ0) is 21.7. The summed E-state index contributed by atoms with van der Waals surface area (Å²) in [5, 5.41) is 12.8. The molecule has 2 aromatic rings. The molecule has 1 aliphatic rings. The number of carbonyl (C=O) groups is 1. The van der Waals surface area contributed by atoms with Crippen LogP contribution in [-0.4, -0.2) is 23.6 Å². The van der Waals surface area contributed by atoms with Gasteiger partial charge in [0.1, 0.15) is 6.10 Å². The van der Waals surface area contributed by atoms with Gasteiger partial charge in [-0.05, 0) is 55.6 Å². The first-order valence-corrected chi connectivity index (χ1v) is 11.0. The highest BCUT2D eigenvalue weighted by Crippen LogP contribution is 2.31. The minimum atomic E-state index is -0.735. The first-order chi connectivity index (χ1) is 15.2. The number of ether oxygens (including phenoxy) is 1. The van der Waals surface area contributed by atoms with Crippen LogP contribution in [0.5, 0.6) is 0 Å². The number of oxime groups is 1. The number of hydrogen-bond acceptors (Lipinski definition) is 4. The van der Waals surface area contributed by atoms with E-state index in [1.165, 1.54) is 6.40 Å². The van der Waals surface area contributed by atoms with Crippen molar-refractivity contribution in [3.63, 3.8) is 0 Å². The third-order valence-electron chi connectivity index (χ3n) is 5.61. The molecule has 0 heterocycles. The van der Waals surface area contributed by atoms with E-state index in [2.05, 4.69) is 17.3 Å². The van der Waals surface area contributed by atoms with E-state index in [-0.39, 0.29) is 18.6 Å². The Labute approximate surface area is 184 Å². The summed E-state index contributed by atoms with van der Waals surface area (Å²) in [6.07, 6.45) is 11.5. The van der Waals surface area contributed by atoms with Gasteiger partial charge in [0.05, 0.1) is 0 Å². The minimum Gasteiger partial charge on any atom is -0.481 e. The maximum atomic E-state index is 10.5. The van der Waals surface area contributed by atoms with Gasteiger partial charge in [-0.15, -0.1) is 0 Å². The molecule has 2 aromatic carbocycles. The van der Waals surface area contributed by atoms with Crippen LogP contribution >= 0.6 is 0 Å². The predicted molar refractivity (Wildman–Crippen MR) is 122 cm³/mol. The molecule has 0 bridgehead atoms. The largest absolute Gasteiger partial charge is 0.481 e. The fraction of sp³-hybridized carbons (Fsp3) is 0.385. The molecule has 0 radical (unpaired) electrons. The third-order valence-corrected chi connectivity index (χ3v) is 5.61. The van der Waals surface area contributed by atoms with Crippen LogP contribution in [0, 0.1) is 5.92 Å². The standard InChI is InChI=1S/C26H31NO4/c28-25(29)19-10-2-1-5-12-21-17-11-18-24(21)30-20-27-31-26(22-13-6-3-7-14-22)23-15-8-4-9-16-23/h1,3-9,13-16,20-21,24,26H,2,10-12,17-19H2,(H,28,29)/t21-,24+/m1/s1. The maximum Gasteiger partial charge on any atom is 0.303 e. The van der Waals surface area contributed by atoms with Crippen LogP contribution in [0.4, 0.5) is 0 Å². The lowest BCUT2D eigenvalue weighted by Gasteiger charge is -2.18. The van der Waals surface area contributed by atoms with Crippen LogP contribution in [0.2, 0.25) is 0 Å². The number of unbranched alkanes of at least 4 members (excludes halogenated alkanes) is 1. The van der Waals surface area contributed by atoms with Gasteiger partial charge < -0.3 is 14.7 Å². The zero-order valence-corrected chi connectivity index (χ0v) is 17.8. The quantitative estimate of drug-likeness (QED) is 0.147. The first-order valence-electron chi connectivity index (χ1n) is 11.0. The van der Waals surface area contributed by atoms with Gasteiger partial charge in [0.15, 0.2) is 6.10 Å². The number of carboxylic acids is 1. The molecule has 1 N–H and O–H groups in total. The van der Waals surface area contributed by atoms with Crippen molar-refractivity contribution in [3.05, 3.63) is 83.9 Å². The Kier molecular flexibility index (Phi) is 9.17. The molecular weight excluding hydrogens is 390 g/mol. The highest BCUT2D eigenvalue weighted by Gasteiger charge is 2.27. The third kappa shape index (κ3) is 7.59. The summed E-state index contributed by atoms with van der Waals surface area (Å²) in [7, 11) is 0. The number of benzene rings is 2. The van der Waals surface area contributed by atoms with Crippen molar-refractivity contribution in [1.29, 1.82) is 0 Å². The SMILES string of the molecule is O=C(O)CCCC=CC[C@@H]1CCC[C@@H]1OC=NOC(c1ccccc1)c1ccccc1. The molecular formula is C26H31NO4. The highest BCUT2D eigenvalue weighted by molar-refractivity contribution is 5.66. The smallest absolute Gasteiger partial charge is 0.303 e. The van der Waals surface area contributed by atoms with Gasteiger partial charge in [0, 0.05) is 6.42 Å². The number of hydrogen-bond donors (Lipinski definition) is 1. The molecule has 1 aliphatic carbocycles. The normalized spacial score (nSPS) is 18.7. The summed E-state index contributed by atoms with van der Waals surface area (Å²) >= 11 is 0. The Balaban J connectivity index is 1.49. The molecule has 1 fully saturated rings. The molecule has 31 heavy (non-hydrogen) atoms. The Hall–Kier alpha value is -3.08. The number of carboxylic acid groups (broad SMARTS) is 1. The summed E-state index contributed by atoms with van der Waals surface area (Å²) in [5.74, 6) is -0.276. The maximum absolute atomic E-state index is 10.5. The van der Waals surface area contributed by atoms with Crippen molar-refractivity contribution in [1.82, 2.24) is 0 Å². The van der Waals surface area contributed by atoms with Crippen molar-refractivity contribution in [2.45, 2.75) is 57.2 Å². The first kappa shape index (κ1) is 22.6. The van der Waals surface area contributed by atoms with Gasteiger partial charge in [0.2, 0.25) is 6.40 Å². The van der Waals surface area contributed by atoms with Crippen molar-refractivity contribution >= 4 is 12.4 Å². The van der Waals surface area contributed by atoms with E-state index in [0.717, 1.165) is 43.2 Å². The lowest BCUT2D eigenvalue weighted by atomic mass is 10.0. The molecule has 5 nitrogen and oxygen atoms in total. The van der Waals surface area contributed by atoms with E-state index in [4.69, 9.17) is 14.7 Å². The van der Waals surface area contributed by atoms with Crippen molar-refractivity contribution < 1.29 is 19.5 Å². The predicted octanol–water partition coefficient (Wildman–Crippen LogP) is 6.12. The van der Waals surface area contributed by atoms with E-state index in [9.17, 15) is 4.79 Å². The Morgan fingerprint density at radius 2 is 1.71 bits per heavy atom. The summed E-state index contributed by atoms with van der Waals surface area (Å²) in [6.45, 7) is 0. The van der Waals surface area contributed by atoms with E-state index in [0.29, 0.717) is 12.3 Å². The molecule has 2 atom stereocenters. The van der Waals surface area contributed by atoms with Gasteiger partial charge in [-0.2, -0.15) is 0 Å². The second kappa shape index (κ2) is 12.6. The van der Waals surface area contributed by atoms with Crippen LogP contribution in [-0.2, 0) is 14.4 Å². The molecule has 164 valence electrons. The lowest BCUT2D eigenvalue weighted by Crippen LogP contribution is -2.17. The Bertz CT molecular complexity index is 796. The van der Waals surface area contributed by atoms with E-state index in [1.807, 2.05) is 60.7 Å². The van der Waals surface area contributed by atoms with Crippen LogP contribution in [0.15, 0.2) is 78.0 Å². The van der Waals surface area contributed by atoms with Gasteiger partial charge in [-0.1, -0.05) is 78.0 Å². The van der Waals surface area contributed by atoms with Gasteiger partial charge in [-0.25, -0.2) is 0 Å². The topological polar surface area (TPSA) is 68.1 Å². The van der Waals surface area contributed by atoms with Crippen molar-refractivity contribution in [2.75, 3.05) is 0 Å². The fourth-order valence-electron chi connectivity index (χ4n) is 3.97. The second-order valence-corrected chi connectivity index (χ2v) is 7.88. The molecule has 3 rings (SSSR count). The molecule has 0 unspecified atom stereocenters. The minimum absolute atomic E-state index is 0.142. The summed E-state index contributed by atoms with van der Waals surface area (Å²) < 4.78 is 5.92. The second-order valence-electron chi connectivity index (χ2n) is 7.88. The van der Waals surface area contributed by atoms with E-state index >= 15 is 0 Å². The number of rotatable bonds is 12. The van der Waals surface area contributed by atoms with Crippen LogP contribution in [0.3, 0.4) is 0 Å². The summed E-state index contributed by atoms with van der Waals surface area (Å²) in [4.78, 5) is 16.4. The van der Waals surface area contributed by atoms with Gasteiger partial charge in [-0.3, -0.25) is 4.79 Å². The number of nitrogens with zero attached hydrogens (tertiary/aromatic N) is 1. The van der Waals surface area contributed by atoms with E-state index < -0.39 is 5.97 Å². The summed E-state index contributed by atoms with van der Waals surface area (Å²) in [6, 6.07) is 20.1. The molecule has 0 aromatic heterocycles. The average Bonchev–Trinajstić information content (AvgIpc) is 3.24. The average molecular weight is 422 g/mol.